The molecule has 162 valence electrons. The van der Waals surface area contributed by atoms with Crippen molar-refractivity contribution in [1.82, 2.24) is 5.32 Å². The number of aryl methyl sites for hydroxylation is 1. The number of rotatable bonds is 8. The van der Waals surface area contributed by atoms with E-state index in [0.29, 0.717) is 17.8 Å². The van der Waals surface area contributed by atoms with Crippen molar-refractivity contribution in [2.75, 3.05) is 17.1 Å². The lowest BCUT2D eigenvalue weighted by Gasteiger charge is -2.23. The van der Waals surface area contributed by atoms with Gasteiger partial charge in [0.05, 0.1) is 18.5 Å². The average Bonchev–Trinajstić information content (AvgIpc) is 2.76. The minimum absolute atomic E-state index is 0.146. The fraction of sp³-hybridized carbons (Fsp3) is 0.240. The Balaban J connectivity index is 1.65. The predicted molar refractivity (Wildman–Crippen MR) is 126 cm³/mol. The van der Waals surface area contributed by atoms with Crippen LogP contribution in [0.15, 0.2) is 78.9 Å². The summed E-state index contributed by atoms with van der Waals surface area (Å²) >= 11 is 0. The highest BCUT2D eigenvalue weighted by molar-refractivity contribution is 7.92. The van der Waals surface area contributed by atoms with Crippen LogP contribution in [0, 0.1) is 6.92 Å². The van der Waals surface area contributed by atoms with Gasteiger partial charge in [-0.25, -0.2) is 8.42 Å². The van der Waals surface area contributed by atoms with Crippen LogP contribution in [0.5, 0.6) is 0 Å². The highest BCUT2D eigenvalue weighted by Gasteiger charge is 2.18. The first-order valence-electron chi connectivity index (χ1n) is 10.2. The lowest BCUT2D eigenvalue weighted by molar-refractivity contribution is 0.0951. The fourth-order valence-corrected chi connectivity index (χ4v) is 4.17. The Labute approximate surface area is 184 Å². The van der Waals surface area contributed by atoms with Gasteiger partial charge in [0.1, 0.15) is 0 Å². The maximum atomic E-state index is 12.5. The van der Waals surface area contributed by atoms with E-state index in [-0.39, 0.29) is 18.4 Å². The molecule has 0 heterocycles. The molecule has 5 nitrogen and oxygen atoms in total. The van der Waals surface area contributed by atoms with Crippen LogP contribution in [0.1, 0.15) is 39.9 Å². The molecule has 31 heavy (non-hydrogen) atoms. The number of hydrogen-bond acceptors (Lipinski definition) is 3. The first-order valence-corrected chi connectivity index (χ1v) is 12.1. The van der Waals surface area contributed by atoms with Gasteiger partial charge in [0, 0.05) is 12.1 Å². The number of benzene rings is 3. The van der Waals surface area contributed by atoms with E-state index < -0.39 is 10.0 Å². The largest absolute Gasteiger partial charge is 0.351 e. The smallest absolute Gasteiger partial charge is 0.251 e. The second-order valence-corrected chi connectivity index (χ2v) is 9.73. The molecule has 0 aliphatic carbocycles. The number of nitrogens with one attached hydrogen (secondary N) is 1. The molecule has 0 aliphatic rings. The second-order valence-electron chi connectivity index (χ2n) is 7.82. The highest BCUT2D eigenvalue weighted by Crippen LogP contribution is 2.21. The molecule has 0 bridgehead atoms. The zero-order valence-electron chi connectivity index (χ0n) is 18.1. The molecule has 3 rings (SSSR count). The summed E-state index contributed by atoms with van der Waals surface area (Å²) in [7, 11) is -3.45. The lowest BCUT2D eigenvalue weighted by atomic mass is 10.0. The van der Waals surface area contributed by atoms with Gasteiger partial charge < -0.3 is 5.32 Å². The third-order valence-corrected chi connectivity index (χ3v) is 6.34. The number of sulfonamides is 1. The van der Waals surface area contributed by atoms with E-state index in [1.165, 1.54) is 16.1 Å². The summed E-state index contributed by atoms with van der Waals surface area (Å²) in [6.07, 6.45) is 1.20. The zero-order chi connectivity index (χ0) is 22.4. The van der Waals surface area contributed by atoms with E-state index >= 15 is 0 Å². The first-order chi connectivity index (χ1) is 14.7. The van der Waals surface area contributed by atoms with E-state index in [4.69, 9.17) is 0 Å². The Morgan fingerprint density at radius 1 is 0.935 bits per heavy atom. The van der Waals surface area contributed by atoms with Crippen molar-refractivity contribution in [1.29, 1.82) is 0 Å². The summed E-state index contributed by atoms with van der Waals surface area (Å²) in [5.74, 6) is 0.0649. The van der Waals surface area contributed by atoms with Gasteiger partial charge in [-0.2, -0.15) is 0 Å². The molecule has 0 saturated heterocycles. The summed E-state index contributed by atoms with van der Waals surface area (Å²) < 4.78 is 26.0. The van der Waals surface area contributed by atoms with Crippen molar-refractivity contribution in [2.24, 2.45) is 0 Å². The molecule has 0 spiro atoms. The molecule has 0 aromatic heterocycles. The number of carbonyl (C=O) groups excluding carboxylic acids is 1. The van der Waals surface area contributed by atoms with Crippen LogP contribution >= 0.6 is 0 Å². The molecule has 3 aromatic rings. The van der Waals surface area contributed by atoms with Crippen molar-refractivity contribution in [3.8, 4) is 0 Å². The summed E-state index contributed by atoms with van der Waals surface area (Å²) in [4.78, 5) is 12.5. The standard InChI is InChI=1S/C25H28N2O3S/c1-19-9-15-24(16-10-19)27(31(3,29)30)18-21-11-13-23(14-12-21)25(28)26-17-20(2)22-7-5-4-6-8-22/h4-16,20H,17-18H2,1-3H3,(H,26,28)/t20-/m0/s1. The summed E-state index contributed by atoms with van der Waals surface area (Å²) in [5, 5.41) is 2.97. The van der Waals surface area contributed by atoms with Gasteiger partial charge in [0.2, 0.25) is 10.0 Å². The van der Waals surface area contributed by atoms with E-state index in [0.717, 1.165) is 11.1 Å². The Morgan fingerprint density at radius 3 is 2.13 bits per heavy atom. The van der Waals surface area contributed by atoms with Crippen molar-refractivity contribution < 1.29 is 13.2 Å². The Morgan fingerprint density at radius 2 is 1.55 bits per heavy atom. The number of anilines is 1. The Hall–Kier alpha value is -3.12. The third kappa shape index (κ3) is 6.18. The molecule has 0 saturated carbocycles. The van der Waals surface area contributed by atoms with E-state index in [2.05, 4.69) is 12.2 Å². The Kier molecular flexibility index (Phi) is 7.13. The minimum atomic E-state index is -3.45. The number of amides is 1. The fourth-order valence-electron chi connectivity index (χ4n) is 3.29. The SMILES string of the molecule is Cc1ccc(N(Cc2ccc(C(=O)NC[C@H](C)c3ccccc3)cc2)S(C)(=O)=O)cc1. The predicted octanol–water partition coefficient (Wildman–Crippen LogP) is 4.49. The van der Waals surface area contributed by atoms with Crippen molar-refractivity contribution in [2.45, 2.75) is 26.3 Å². The molecule has 6 heteroatoms. The summed E-state index contributed by atoms with van der Waals surface area (Å²) in [5.41, 5.74) is 4.21. The molecule has 3 aromatic carbocycles. The monoisotopic (exact) mass is 436 g/mol. The van der Waals surface area contributed by atoms with Crippen LogP contribution in [0.2, 0.25) is 0 Å². The summed E-state index contributed by atoms with van der Waals surface area (Å²) in [6.45, 7) is 4.78. The Bertz CT molecular complexity index is 1110. The van der Waals surface area contributed by atoms with Crippen LogP contribution < -0.4 is 9.62 Å². The average molecular weight is 437 g/mol. The molecule has 0 fully saturated rings. The van der Waals surface area contributed by atoms with Crippen molar-refractivity contribution in [3.63, 3.8) is 0 Å². The van der Waals surface area contributed by atoms with Crippen molar-refractivity contribution in [3.05, 3.63) is 101 Å². The van der Waals surface area contributed by atoms with Crippen LogP contribution in [0.25, 0.3) is 0 Å². The molecule has 0 aliphatic heterocycles. The van der Waals surface area contributed by atoms with Crippen molar-refractivity contribution >= 4 is 21.6 Å². The van der Waals surface area contributed by atoms with E-state index in [1.807, 2.05) is 49.4 Å². The summed E-state index contributed by atoms with van der Waals surface area (Å²) in [6, 6.07) is 24.5. The van der Waals surface area contributed by atoms with Gasteiger partial charge in [-0.1, -0.05) is 67.1 Å². The molecule has 1 amide bonds. The zero-order valence-corrected chi connectivity index (χ0v) is 18.9. The van der Waals surface area contributed by atoms with Crippen LogP contribution in [0.3, 0.4) is 0 Å². The molecule has 1 atom stereocenters. The molecule has 1 N–H and O–H groups in total. The molecule has 0 radical (unpaired) electrons. The molecular formula is C25H28N2O3S. The topological polar surface area (TPSA) is 66.5 Å². The minimum Gasteiger partial charge on any atom is -0.351 e. The van der Waals surface area contributed by atoms with Gasteiger partial charge in [-0.05, 0) is 48.2 Å². The number of carbonyl (C=O) groups is 1. The molecule has 0 unspecified atom stereocenters. The van der Waals surface area contributed by atoms with Gasteiger partial charge in [-0.3, -0.25) is 9.10 Å². The normalized spacial score (nSPS) is 12.2. The third-order valence-electron chi connectivity index (χ3n) is 5.20. The van der Waals surface area contributed by atoms with Crippen LogP contribution in [-0.4, -0.2) is 27.1 Å². The quantitative estimate of drug-likeness (QED) is 0.566. The first kappa shape index (κ1) is 22.6. The second kappa shape index (κ2) is 9.79. The maximum absolute atomic E-state index is 12.5. The number of hydrogen-bond donors (Lipinski definition) is 1. The van der Waals surface area contributed by atoms with Crippen LogP contribution in [-0.2, 0) is 16.6 Å². The van der Waals surface area contributed by atoms with E-state index in [9.17, 15) is 13.2 Å². The van der Waals surface area contributed by atoms with Gasteiger partial charge >= 0.3 is 0 Å². The highest BCUT2D eigenvalue weighted by atomic mass is 32.2. The van der Waals surface area contributed by atoms with E-state index in [1.54, 1.807) is 36.4 Å². The number of nitrogens with zero attached hydrogens (tertiary/aromatic N) is 1. The van der Waals surface area contributed by atoms with Crippen LogP contribution in [0.4, 0.5) is 5.69 Å². The van der Waals surface area contributed by atoms with Gasteiger partial charge in [-0.15, -0.1) is 0 Å². The van der Waals surface area contributed by atoms with Gasteiger partial charge in [0.15, 0.2) is 0 Å². The lowest BCUT2D eigenvalue weighted by Crippen LogP contribution is -2.29. The maximum Gasteiger partial charge on any atom is 0.251 e. The van der Waals surface area contributed by atoms with Gasteiger partial charge in [0.25, 0.3) is 5.91 Å². The molecular weight excluding hydrogens is 408 g/mol.